The van der Waals surface area contributed by atoms with Gasteiger partial charge in [0.1, 0.15) is 11.5 Å². The first kappa shape index (κ1) is 28.2. The van der Waals surface area contributed by atoms with Crippen LogP contribution in [0.2, 0.25) is 0 Å². The topological polar surface area (TPSA) is 82.2 Å². The van der Waals surface area contributed by atoms with Gasteiger partial charge >= 0.3 is 6.03 Å². The van der Waals surface area contributed by atoms with Crippen LogP contribution < -0.4 is 9.46 Å². The van der Waals surface area contributed by atoms with E-state index in [1.807, 2.05) is 12.1 Å². The molecule has 0 unspecified atom stereocenters. The van der Waals surface area contributed by atoms with Crippen LogP contribution in [0.15, 0.2) is 48.5 Å². The van der Waals surface area contributed by atoms with Gasteiger partial charge in [0, 0.05) is 51.0 Å². The SMILES string of the molecule is CCCCN(C(=O)N1CCCCC1)C1CCN(Cc2ccc(Oc3ccc(NS(C)(=O)=O)cc3)cc2)CC1. The average molecular weight is 543 g/mol. The minimum atomic E-state index is -3.30. The van der Waals surface area contributed by atoms with Crippen LogP contribution in [0.25, 0.3) is 0 Å². The highest BCUT2D eigenvalue weighted by Crippen LogP contribution is 2.25. The van der Waals surface area contributed by atoms with Gasteiger partial charge in [-0.15, -0.1) is 0 Å². The summed E-state index contributed by atoms with van der Waals surface area (Å²) in [7, 11) is -3.30. The number of nitrogens with one attached hydrogen (secondary N) is 1. The summed E-state index contributed by atoms with van der Waals surface area (Å²) >= 11 is 0. The summed E-state index contributed by atoms with van der Waals surface area (Å²) in [4.78, 5) is 20.0. The lowest BCUT2D eigenvalue weighted by molar-refractivity contribution is 0.0903. The van der Waals surface area contributed by atoms with Gasteiger partial charge in [-0.2, -0.15) is 0 Å². The normalized spacial score (nSPS) is 17.3. The van der Waals surface area contributed by atoms with Gasteiger partial charge in [-0.05, 0) is 80.5 Å². The van der Waals surface area contributed by atoms with E-state index in [2.05, 4.69) is 38.5 Å². The third kappa shape index (κ3) is 8.36. The van der Waals surface area contributed by atoms with E-state index in [1.165, 1.54) is 12.0 Å². The molecule has 8 nitrogen and oxygen atoms in total. The molecule has 208 valence electrons. The fourth-order valence-corrected chi connectivity index (χ4v) is 5.85. The lowest BCUT2D eigenvalue weighted by Crippen LogP contribution is -2.53. The van der Waals surface area contributed by atoms with E-state index in [9.17, 15) is 13.2 Å². The Morgan fingerprint density at radius 2 is 1.55 bits per heavy atom. The van der Waals surface area contributed by atoms with Crippen molar-refractivity contribution < 1.29 is 17.9 Å². The zero-order valence-electron chi connectivity index (χ0n) is 22.8. The van der Waals surface area contributed by atoms with Crippen molar-refractivity contribution in [2.24, 2.45) is 0 Å². The summed E-state index contributed by atoms with van der Waals surface area (Å²) < 4.78 is 31.1. The maximum Gasteiger partial charge on any atom is 0.320 e. The lowest BCUT2D eigenvalue weighted by atomic mass is 10.0. The third-order valence-electron chi connectivity index (χ3n) is 7.35. The number of unbranched alkanes of at least 4 members (excludes halogenated alkanes) is 1. The second-order valence-electron chi connectivity index (χ2n) is 10.5. The van der Waals surface area contributed by atoms with Gasteiger partial charge in [0.25, 0.3) is 0 Å². The Kier molecular flexibility index (Phi) is 9.91. The molecule has 0 spiro atoms. The van der Waals surface area contributed by atoms with E-state index in [-0.39, 0.29) is 6.03 Å². The predicted molar refractivity (Wildman–Crippen MR) is 152 cm³/mol. The van der Waals surface area contributed by atoms with Gasteiger partial charge in [0.2, 0.25) is 10.0 Å². The zero-order valence-corrected chi connectivity index (χ0v) is 23.6. The van der Waals surface area contributed by atoms with E-state index >= 15 is 0 Å². The van der Waals surface area contributed by atoms with Crippen molar-refractivity contribution in [1.29, 1.82) is 0 Å². The number of likely N-dealkylation sites (tertiary alicyclic amines) is 2. The van der Waals surface area contributed by atoms with Crippen LogP contribution in [-0.4, -0.2) is 74.2 Å². The molecule has 2 aliphatic rings. The van der Waals surface area contributed by atoms with Gasteiger partial charge in [-0.1, -0.05) is 25.5 Å². The Bertz CT molecular complexity index is 1120. The van der Waals surface area contributed by atoms with E-state index in [0.29, 0.717) is 17.5 Å². The molecule has 2 aromatic carbocycles. The van der Waals surface area contributed by atoms with Crippen LogP contribution in [0.5, 0.6) is 11.5 Å². The molecule has 0 radical (unpaired) electrons. The number of benzene rings is 2. The maximum absolute atomic E-state index is 13.3. The Labute approximate surface area is 228 Å². The van der Waals surface area contributed by atoms with Crippen LogP contribution in [0, 0.1) is 0 Å². The summed E-state index contributed by atoms with van der Waals surface area (Å²) in [6.07, 6.45) is 8.84. The number of nitrogens with zero attached hydrogens (tertiary/aromatic N) is 3. The summed E-state index contributed by atoms with van der Waals surface area (Å²) in [6, 6.07) is 15.5. The molecule has 2 aliphatic heterocycles. The molecular formula is C29H42N4O4S. The summed E-state index contributed by atoms with van der Waals surface area (Å²) in [5, 5.41) is 0. The maximum atomic E-state index is 13.3. The molecule has 2 saturated heterocycles. The first-order chi connectivity index (χ1) is 18.3. The Balaban J connectivity index is 1.26. The van der Waals surface area contributed by atoms with Gasteiger partial charge < -0.3 is 14.5 Å². The average Bonchev–Trinajstić information content (AvgIpc) is 2.91. The number of hydrogen-bond acceptors (Lipinski definition) is 5. The number of amides is 2. The smallest absolute Gasteiger partial charge is 0.320 e. The zero-order chi connectivity index (χ0) is 27.0. The molecule has 2 heterocycles. The molecule has 0 atom stereocenters. The van der Waals surface area contributed by atoms with Crippen molar-refractivity contribution in [2.45, 2.75) is 64.5 Å². The van der Waals surface area contributed by atoms with E-state index < -0.39 is 10.0 Å². The van der Waals surface area contributed by atoms with Gasteiger partial charge in [-0.25, -0.2) is 13.2 Å². The van der Waals surface area contributed by atoms with Crippen LogP contribution in [-0.2, 0) is 16.6 Å². The molecule has 2 amide bonds. The number of ether oxygens (including phenoxy) is 1. The number of rotatable bonds is 10. The minimum Gasteiger partial charge on any atom is -0.457 e. The largest absolute Gasteiger partial charge is 0.457 e. The number of sulfonamides is 1. The first-order valence-electron chi connectivity index (χ1n) is 13.9. The highest BCUT2D eigenvalue weighted by atomic mass is 32.2. The second-order valence-corrected chi connectivity index (χ2v) is 12.3. The van der Waals surface area contributed by atoms with Crippen LogP contribution in [0.1, 0.15) is 57.4 Å². The number of hydrogen-bond donors (Lipinski definition) is 1. The molecule has 0 bridgehead atoms. The molecule has 9 heteroatoms. The van der Waals surface area contributed by atoms with Gasteiger partial charge in [0.15, 0.2) is 0 Å². The van der Waals surface area contributed by atoms with Crippen molar-refractivity contribution >= 4 is 21.7 Å². The van der Waals surface area contributed by atoms with Crippen molar-refractivity contribution in [1.82, 2.24) is 14.7 Å². The fraction of sp³-hybridized carbons (Fsp3) is 0.552. The highest BCUT2D eigenvalue weighted by Gasteiger charge is 2.30. The quantitative estimate of drug-likeness (QED) is 0.427. The predicted octanol–water partition coefficient (Wildman–Crippen LogP) is 5.52. The van der Waals surface area contributed by atoms with E-state index in [0.717, 1.165) is 89.8 Å². The Morgan fingerprint density at radius 1 is 0.947 bits per heavy atom. The lowest BCUT2D eigenvalue weighted by Gasteiger charge is -2.41. The summed E-state index contributed by atoms with van der Waals surface area (Å²) in [5.41, 5.74) is 1.74. The third-order valence-corrected chi connectivity index (χ3v) is 7.95. The molecular weight excluding hydrogens is 500 g/mol. The number of carbonyl (C=O) groups is 1. The summed E-state index contributed by atoms with van der Waals surface area (Å²) in [6.45, 7) is 7.75. The second kappa shape index (κ2) is 13.3. The minimum absolute atomic E-state index is 0.258. The van der Waals surface area contributed by atoms with Crippen LogP contribution >= 0.6 is 0 Å². The van der Waals surface area contributed by atoms with Crippen LogP contribution in [0.3, 0.4) is 0 Å². The molecule has 2 fully saturated rings. The van der Waals surface area contributed by atoms with E-state index in [1.54, 1.807) is 24.3 Å². The molecule has 38 heavy (non-hydrogen) atoms. The molecule has 0 aromatic heterocycles. The number of urea groups is 1. The van der Waals surface area contributed by atoms with Crippen molar-refractivity contribution in [3.8, 4) is 11.5 Å². The molecule has 0 aliphatic carbocycles. The van der Waals surface area contributed by atoms with Crippen molar-refractivity contribution in [2.75, 3.05) is 43.7 Å². The Morgan fingerprint density at radius 3 is 2.13 bits per heavy atom. The van der Waals surface area contributed by atoms with Crippen molar-refractivity contribution in [3.63, 3.8) is 0 Å². The monoisotopic (exact) mass is 542 g/mol. The number of anilines is 1. The highest BCUT2D eigenvalue weighted by molar-refractivity contribution is 7.92. The van der Waals surface area contributed by atoms with Gasteiger partial charge in [0.05, 0.1) is 6.26 Å². The molecule has 1 N–H and O–H groups in total. The number of piperidine rings is 2. The molecule has 2 aromatic rings. The van der Waals surface area contributed by atoms with E-state index in [4.69, 9.17) is 4.74 Å². The van der Waals surface area contributed by atoms with Gasteiger partial charge in [-0.3, -0.25) is 9.62 Å². The molecule has 4 rings (SSSR count). The first-order valence-corrected chi connectivity index (χ1v) is 15.8. The van der Waals surface area contributed by atoms with Crippen molar-refractivity contribution in [3.05, 3.63) is 54.1 Å². The van der Waals surface area contributed by atoms with Crippen LogP contribution in [0.4, 0.5) is 10.5 Å². The fourth-order valence-electron chi connectivity index (χ4n) is 5.28. The number of carbonyl (C=O) groups excluding carboxylic acids is 1. The molecule has 0 saturated carbocycles. The Hall–Kier alpha value is -2.78. The standard InChI is InChI=1S/C29H42N4O4S/c1-3-4-20-33(29(34)32-18-6-5-7-19-32)26-16-21-31(22-17-26)23-24-8-12-27(13-9-24)37-28-14-10-25(11-15-28)30-38(2,35)36/h8-15,26,30H,3-7,16-23H2,1-2H3. The summed E-state index contributed by atoms with van der Waals surface area (Å²) in [5.74, 6) is 1.38.